The number of nitrogens with one attached hydrogen (secondary N) is 2. The van der Waals surface area contributed by atoms with Crippen LogP contribution in [-0.2, 0) is 4.74 Å². The molecule has 1 aliphatic carbocycles. The largest absolute Gasteiger partial charge is 0.449 e. The van der Waals surface area contributed by atoms with E-state index in [1.54, 1.807) is 0 Å². The number of carbonyl (C=O) groups is 1. The van der Waals surface area contributed by atoms with Gasteiger partial charge in [0, 0.05) is 5.92 Å². The highest BCUT2D eigenvalue weighted by molar-refractivity contribution is 5.79. The van der Waals surface area contributed by atoms with E-state index >= 15 is 0 Å². The quantitative estimate of drug-likeness (QED) is 0.695. The van der Waals surface area contributed by atoms with Gasteiger partial charge >= 0.3 is 6.09 Å². The van der Waals surface area contributed by atoms with Crippen molar-refractivity contribution < 1.29 is 9.53 Å². The minimum Gasteiger partial charge on any atom is -0.449 e. The molecule has 0 radical (unpaired) electrons. The van der Waals surface area contributed by atoms with Crippen LogP contribution < -0.4 is 5.32 Å². The maximum atomic E-state index is 12.0. The summed E-state index contributed by atoms with van der Waals surface area (Å²) < 4.78 is 5.43. The molecule has 28 heavy (non-hydrogen) atoms. The number of amides is 1. The Hall–Kier alpha value is -4.03. The highest BCUT2D eigenvalue weighted by atomic mass is 16.5. The van der Waals surface area contributed by atoms with Crippen molar-refractivity contribution in [3.8, 4) is 29.0 Å². The number of rotatable bonds is 3. The van der Waals surface area contributed by atoms with Crippen molar-refractivity contribution >= 4 is 6.09 Å². The number of hydrogen-bond acceptors (Lipinski definition) is 4. The van der Waals surface area contributed by atoms with Crippen LogP contribution in [0.5, 0.6) is 0 Å². The summed E-state index contributed by atoms with van der Waals surface area (Å²) in [5.41, 5.74) is 5.50. The molecule has 1 heterocycles. The van der Waals surface area contributed by atoms with Crippen molar-refractivity contribution in [2.75, 3.05) is 13.2 Å². The Morgan fingerprint density at radius 2 is 1.82 bits per heavy atom. The van der Waals surface area contributed by atoms with Gasteiger partial charge < -0.3 is 10.1 Å². The van der Waals surface area contributed by atoms with Crippen molar-refractivity contribution in [3.63, 3.8) is 0 Å². The van der Waals surface area contributed by atoms with Crippen molar-refractivity contribution in [1.29, 1.82) is 5.26 Å². The molecule has 6 nitrogen and oxygen atoms in total. The van der Waals surface area contributed by atoms with Crippen LogP contribution >= 0.6 is 0 Å². The fourth-order valence-corrected chi connectivity index (χ4v) is 3.37. The zero-order chi connectivity index (χ0) is 19.3. The third kappa shape index (κ3) is 3.32. The lowest BCUT2D eigenvalue weighted by molar-refractivity contribution is 0.144. The maximum absolute atomic E-state index is 12.0. The van der Waals surface area contributed by atoms with Gasteiger partial charge in [0.25, 0.3) is 0 Å². The first-order valence-corrected chi connectivity index (χ1v) is 8.79. The van der Waals surface area contributed by atoms with Crippen LogP contribution in [0, 0.1) is 23.2 Å². The number of aromatic amines is 1. The van der Waals surface area contributed by atoms with Gasteiger partial charge in [0.2, 0.25) is 0 Å². The topological polar surface area (TPSA) is 90.8 Å². The number of nitriles is 1. The van der Waals surface area contributed by atoms with E-state index in [-0.39, 0.29) is 19.1 Å². The number of benzene rings is 2. The van der Waals surface area contributed by atoms with E-state index in [4.69, 9.17) is 10.00 Å². The molecular weight excluding hydrogens is 352 g/mol. The Morgan fingerprint density at radius 3 is 2.50 bits per heavy atom. The van der Waals surface area contributed by atoms with Gasteiger partial charge in [0.15, 0.2) is 5.69 Å². The maximum Gasteiger partial charge on any atom is 0.407 e. The van der Waals surface area contributed by atoms with Gasteiger partial charge in [0.1, 0.15) is 12.7 Å². The minimum atomic E-state index is -0.524. The van der Waals surface area contributed by atoms with E-state index in [1.807, 2.05) is 30.3 Å². The molecule has 0 saturated heterocycles. The Labute approximate surface area is 162 Å². The van der Waals surface area contributed by atoms with E-state index in [0.717, 1.165) is 0 Å². The Morgan fingerprint density at radius 1 is 1.14 bits per heavy atom. The number of alkyl carbamates (subject to hydrolysis) is 1. The molecule has 1 aromatic heterocycles. The van der Waals surface area contributed by atoms with Crippen LogP contribution in [0.25, 0.3) is 11.1 Å². The van der Waals surface area contributed by atoms with Gasteiger partial charge in [-0.1, -0.05) is 60.4 Å². The third-order valence-electron chi connectivity index (χ3n) is 4.64. The van der Waals surface area contributed by atoms with Crippen molar-refractivity contribution in [2.45, 2.75) is 5.92 Å². The average Bonchev–Trinajstić information content (AvgIpc) is 3.32. The van der Waals surface area contributed by atoms with E-state index in [9.17, 15) is 4.79 Å². The Bertz CT molecular complexity index is 1090. The van der Waals surface area contributed by atoms with Crippen molar-refractivity contribution in [3.05, 3.63) is 77.1 Å². The first kappa shape index (κ1) is 17.4. The summed E-state index contributed by atoms with van der Waals surface area (Å²) in [6, 6.07) is 18.3. The molecule has 0 saturated carbocycles. The molecule has 2 N–H and O–H groups in total. The highest BCUT2D eigenvalue weighted by Gasteiger charge is 2.28. The van der Waals surface area contributed by atoms with Gasteiger partial charge in [-0.25, -0.2) is 4.79 Å². The number of nitrogens with zero attached hydrogens (tertiary/aromatic N) is 2. The molecule has 0 unspecified atom stereocenters. The van der Waals surface area contributed by atoms with Gasteiger partial charge in [0.05, 0.1) is 18.3 Å². The second-order valence-corrected chi connectivity index (χ2v) is 6.25. The lowest BCUT2D eigenvalue weighted by Crippen LogP contribution is -2.26. The van der Waals surface area contributed by atoms with Gasteiger partial charge in [-0.3, -0.25) is 5.10 Å². The molecule has 0 atom stereocenters. The Kier molecular flexibility index (Phi) is 4.78. The molecule has 2 aromatic carbocycles. The van der Waals surface area contributed by atoms with Crippen LogP contribution in [0.2, 0.25) is 0 Å². The summed E-state index contributed by atoms with van der Waals surface area (Å²) >= 11 is 0. The SMILES string of the molecule is N#Cc1[nH]ncc1C#CCNC(=O)OCC1c2ccccc2-c2ccccc21. The number of ether oxygens (including phenoxy) is 1. The lowest BCUT2D eigenvalue weighted by atomic mass is 9.98. The Balaban J connectivity index is 1.36. The summed E-state index contributed by atoms with van der Waals surface area (Å²) in [5.74, 6) is 5.59. The van der Waals surface area contributed by atoms with Crippen LogP contribution in [0.1, 0.15) is 28.3 Å². The average molecular weight is 368 g/mol. The fourth-order valence-electron chi connectivity index (χ4n) is 3.37. The summed E-state index contributed by atoms with van der Waals surface area (Å²) in [5, 5.41) is 17.8. The molecule has 3 aromatic rings. The molecule has 136 valence electrons. The van der Waals surface area contributed by atoms with E-state index in [2.05, 4.69) is 51.6 Å². The summed E-state index contributed by atoms with van der Waals surface area (Å²) in [6.45, 7) is 0.375. The fraction of sp³-hybridized carbons (Fsp3) is 0.136. The molecule has 0 aliphatic heterocycles. The van der Waals surface area contributed by atoms with E-state index < -0.39 is 6.09 Å². The van der Waals surface area contributed by atoms with Gasteiger partial charge in [-0.15, -0.1) is 0 Å². The van der Waals surface area contributed by atoms with Crippen LogP contribution in [-0.4, -0.2) is 29.4 Å². The second-order valence-electron chi connectivity index (χ2n) is 6.25. The number of fused-ring (bicyclic) bond motifs is 3. The molecule has 4 rings (SSSR count). The summed E-state index contributed by atoms with van der Waals surface area (Å²) in [6.07, 6.45) is 0.947. The predicted molar refractivity (Wildman–Crippen MR) is 103 cm³/mol. The highest BCUT2D eigenvalue weighted by Crippen LogP contribution is 2.44. The standard InChI is InChI=1S/C22H16N4O2/c23-12-21-15(13-25-26-21)6-5-11-24-22(27)28-14-20-18-9-3-1-7-16(18)17-8-2-4-10-19(17)20/h1-4,7-10,13,20H,11,14H2,(H,24,27)(H,25,26). The smallest absolute Gasteiger partial charge is 0.407 e. The second kappa shape index (κ2) is 7.69. The van der Waals surface area contributed by atoms with Crippen LogP contribution in [0.4, 0.5) is 4.79 Å². The normalized spacial score (nSPS) is 11.5. The van der Waals surface area contributed by atoms with Crippen LogP contribution in [0.15, 0.2) is 54.7 Å². The molecule has 6 heteroatoms. The third-order valence-corrected chi connectivity index (χ3v) is 4.64. The van der Waals surface area contributed by atoms with Crippen molar-refractivity contribution in [2.24, 2.45) is 0 Å². The molecule has 1 amide bonds. The summed E-state index contributed by atoms with van der Waals surface area (Å²) in [7, 11) is 0. The minimum absolute atomic E-state index is 0.0216. The molecule has 1 aliphatic rings. The van der Waals surface area contributed by atoms with Crippen LogP contribution in [0.3, 0.4) is 0 Å². The number of hydrogen-bond donors (Lipinski definition) is 2. The molecule has 0 spiro atoms. The monoisotopic (exact) mass is 368 g/mol. The van der Waals surface area contributed by atoms with Gasteiger partial charge in [-0.05, 0) is 22.3 Å². The van der Waals surface area contributed by atoms with Crippen molar-refractivity contribution in [1.82, 2.24) is 15.5 Å². The first-order valence-electron chi connectivity index (χ1n) is 8.79. The first-order chi connectivity index (χ1) is 13.8. The molecule has 0 bridgehead atoms. The number of carbonyl (C=O) groups excluding carboxylic acids is 1. The lowest BCUT2D eigenvalue weighted by Gasteiger charge is -2.14. The van der Waals surface area contributed by atoms with Gasteiger partial charge in [-0.2, -0.15) is 10.4 Å². The summed E-state index contributed by atoms with van der Waals surface area (Å²) in [4.78, 5) is 12.0. The zero-order valence-electron chi connectivity index (χ0n) is 14.9. The van der Waals surface area contributed by atoms with E-state index in [1.165, 1.54) is 28.5 Å². The number of H-pyrrole nitrogens is 1. The molecular formula is C22H16N4O2. The molecule has 0 fully saturated rings. The predicted octanol–water partition coefficient (Wildman–Crippen LogP) is 3.17. The van der Waals surface area contributed by atoms with E-state index in [0.29, 0.717) is 11.3 Å². The zero-order valence-corrected chi connectivity index (χ0v) is 14.9. The number of aromatic nitrogens is 2.